The molecule has 0 saturated carbocycles. The highest BCUT2D eigenvalue weighted by molar-refractivity contribution is 7.80. The van der Waals surface area contributed by atoms with Crippen molar-refractivity contribution in [2.45, 2.75) is 0 Å². The lowest BCUT2D eigenvalue weighted by Crippen LogP contribution is -2.33. The van der Waals surface area contributed by atoms with E-state index in [0.29, 0.717) is 11.7 Å². The number of hydrogen-bond acceptors (Lipinski definition) is 1. The van der Waals surface area contributed by atoms with Crippen molar-refractivity contribution in [1.29, 1.82) is 0 Å². The van der Waals surface area contributed by atoms with Gasteiger partial charge in [0.2, 0.25) is 0 Å². The highest BCUT2D eigenvalue weighted by Crippen LogP contribution is 1.64. The monoisotopic (exact) mass is 136 g/mol. The van der Waals surface area contributed by atoms with Crippen LogP contribution in [0, 0.1) is 0 Å². The van der Waals surface area contributed by atoms with Gasteiger partial charge in [0, 0.05) is 13.6 Å². The Kier molecular flexibility index (Phi) is 4.54. The number of hydrogen-bond donors (Lipinski definition) is 2. The normalized spacial score (nSPS) is 8.25. The first-order valence-electron chi connectivity index (χ1n) is 2.32. The molecular weight excluding hydrogens is 127 g/mol. The van der Waals surface area contributed by atoms with Gasteiger partial charge in [0.1, 0.15) is 6.67 Å². The minimum absolute atomic E-state index is 0.291. The fourth-order valence-corrected chi connectivity index (χ4v) is 0.351. The van der Waals surface area contributed by atoms with Crippen LogP contribution in [-0.4, -0.2) is 25.4 Å². The maximum atomic E-state index is 11.3. The van der Waals surface area contributed by atoms with Crippen LogP contribution in [0.4, 0.5) is 4.39 Å². The van der Waals surface area contributed by atoms with E-state index in [0.717, 1.165) is 0 Å². The number of halogens is 1. The van der Waals surface area contributed by atoms with Gasteiger partial charge in [-0.15, -0.1) is 0 Å². The fourth-order valence-electron chi connectivity index (χ4n) is 0.249. The maximum absolute atomic E-state index is 11.3. The number of nitrogens with one attached hydrogen (secondary N) is 2. The smallest absolute Gasteiger partial charge is 0.166 e. The van der Waals surface area contributed by atoms with Crippen LogP contribution in [0.1, 0.15) is 0 Å². The first kappa shape index (κ1) is 7.62. The summed E-state index contributed by atoms with van der Waals surface area (Å²) >= 11 is 4.63. The lowest BCUT2D eigenvalue weighted by molar-refractivity contribution is 0.491. The zero-order valence-electron chi connectivity index (χ0n) is 4.70. The van der Waals surface area contributed by atoms with Crippen molar-refractivity contribution in [2.75, 3.05) is 20.3 Å². The largest absolute Gasteiger partial charge is 0.366 e. The molecule has 0 aliphatic rings. The van der Waals surface area contributed by atoms with Gasteiger partial charge in [-0.1, -0.05) is 0 Å². The Balaban J connectivity index is 2.99. The predicted octanol–water partition coefficient (Wildman–Crippen LogP) is 0.0498. The van der Waals surface area contributed by atoms with E-state index in [1.807, 2.05) is 0 Å². The summed E-state index contributed by atoms with van der Waals surface area (Å²) in [6.45, 7) is -0.0957. The average molecular weight is 136 g/mol. The van der Waals surface area contributed by atoms with Crippen LogP contribution in [0.5, 0.6) is 0 Å². The van der Waals surface area contributed by atoms with Crippen molar-refractivity contribution in [3.8, 4) is 0 Å². The molecule has 0 saturated heterocycles. The molecule has 48 valence electrons. The Labute approximate surface area is 53.5 Å². The molecule has 0 radical (unpaired) electrons. The third kappa shape index (κ3) is 3.80. The molecule has 0 unspecified atom stereocenters. The summed E-state index contributed by atoms with van der Waals surface area (Å²) in [4.78, 5) is 0. The molecule has 0 aliphatic heterocycles. The third-order valence-corrected chi connectivity index (χ3v) is 0.956. The van der Waals surface area contributed by atoms with Crippen molar-refractivity contribution in [1.82, 2.24) is 10.6 Å². The molecular formula is C4H9FN2S. The lowest BCUT2D eigenvalue weighted by Gasteiger charge is -2.01. The second-order valence-corrected chi connectivity index (χ2v) is 1.60. The number of rotatable bonds is 2. The second-order valence-electron chi connectivity index (χ2n) is 1.19. The summed E-state index contributed by atoms with van der Waals surface area (Å²) < 4.78 is 11.3. The molecule has 0 heterocycles. The molecule has 0 aromatic heterocycles. The Morgan fingerprint density at radius 2 is 2.38 bits per heavy atom. The summed E-state index contributed by atoms with van der Waals surface area (Å²) in [6.07, 6.45) is 0. The van der Waals surface area contributed by atoms with Crippen LogP contribution >= 0.6 is 12.2 Å². The van der Waals surface area contributed by atoms with Crippen molar-refractivity contribution in [3.63, 3.8) is 0 Å². The second kappa shape index (κ2) is 4.77. The molecule has 8 heavy (non-hydrogen) atoms. The van der Waals surface area contributed by atoms with Gasteiger partial charge in [0.05, 0.1) is 0 Å². The minimum Gasteiger partial charge on any atom is -0.366 e. The van der Waals surface area contributed by atoms with Crippen molar-refractivity contribution in [2.24, 2.45) is 0 Å². The van der Waals surface area contributed by atoms with Gasteiger partial charge in [-0.2, -0.15) is 0 Å². The standard InChI is InChI=1S/C4H9FN2S/c1-6-4(8)7-3-2-5/h2-3H2,1H3,(H2,6,7,8). The molecule has 0 bridgehead atoms. The van der Waals surface area contributed by atoms with E-state index in [9.17, 15) is 4.39 Å². The van der Waals surface area contributed by atoms with E-state index < -0.39 is 0 Å². The molecule has 2 N–H and O–H groups in total. The van der Waals surface area contributed by atoms with E-state index in [4.69, 9.17) is 0 Å². The summed E-state index contributed by atoms with van der Waals surface area (Å²) in [5.74, 6) is 0. The zero-order valence-corrected chi connectivity index (χ0v) is 5.52. The fraction of sp³-hybridized carbons (Fsp3) is 0.750. The van der Waals surface area contributed by atoms with E-state index in [2.05, 4.69) is 22.9 Å². The van der Waals surface area contributed by atoms with Gasteiger partial charge in [0.25, 0.3) is 0 Å². The van der Waals surface area contributed by atoms with Crippen molar-refractivity contribution in [3.05, 3.63) is 0 Å². The molecule has 0 aliphatic carbocycles. The molecule has 0 aromatic rings. The number of thiocarbonyl (C=S) groups is 1. The Hall–Kier alpha value is -0.380. The quantitative estimate of drug-likeness (QED) is 0.524. The molecule has 4 heteroatoms. The highest BCUT2D eigenvalue weighted by Gasteiger charge is 1.85. The van der Waals surface area contributed by atoms with Gasteiger partial charge < -0.3 is 10.6 Å². The highest BCUT2D eigenvalue weighted by atomic mass is 32.1. The van der Waals surface area contributed by atoms with Crippen LogP contribution in [0.2, 0.25) is 0 Å². The summed E-state index contributed by atoms with van der Waals surface area (Å²) in [5, 5.41) is 5.77. The van der Waals surface area contributed by atoms with E-state index in [1.54, 1.807) is 7.05 Å². The first-order chi connectivity index (χ1) is 3.81. The maximum Gasteiger partial charge on any atom is 0.166 e. The molecule has 0 spiro atoms. The van der Waals surface area contributed by atoms with E-state index in [1.165, 1.54) is 0 Å². The molecule has 0 rings (SSSR count). The topological polar surface area (TPSA) is 24.1 Å². The van der Waals surface area contributed by atoms with Crippen LogP contribution in [0.25, 0.3) is 0 Å². The summed E-state index contributed by atoms with van der Waals surface area (Å²) in [5.41, 5.74) is 0. The van der Waals surface area contributed by atoms with Gasteiger partial charge in [0.15, 0.2) is 5.11 Å². The summed E-state index contributed by atoms with van der Waals surface area (Å²) in [6, 6.07) is 0. The van der Waals surface area contributed by atoms with Crippen LogP contribution < -0.4 is 10.6 Å². The summed E-state index contributed by atoms with van der Waals surface area (Å²) in [7, 11) is 1.69. The Morgan fingerprint density at radius 1 is 1.75 bits per heavy atom. The van der Waals surface area contributed by atoms with Gasteiger partial charge in [-0.3, -0.25) is 0 Å². The van der Waals surface area contributed by atoms with Gasteiger partial charge in [-0.25, -0.2) is 4.39 Å². The number of alkyl halides is 1. The van der Waals surface area contributed by atoms with Crippen LogP contribution in [-0.2, 0) is 0 Å². The Bertz CT molecular complexity index is 76.4. The van der Waals surface area contributed by atoms with Crippen molar-refractivity contribution >= 4 is 17.3 Å². The lowest BCUT2D eigenvalue weighted by atomic mass is 10.7. The Morgan fingerprint density at radius 3 is 2.75 bits per heavy atom. The molecule has 0 aromatic carbocycles. The van der Waals surface area contributed by atoms with Crippen LogP contribution in [0.3, 0.4) is 0 Å². The van der Waals surface area contributed by atoms with Crippen molar-refractivity contribution < 1.29 is 4.39 Å². The molecule has 2 nitrogen and oxygen atoms in total. The first-order valence-corrected chi connectivity index (χ1v) is 2.73. The molecule has 0 amide bonds. The third-order valence-electron chi connectivity index (χ3n) is 0.607. The average Bonchev–Trinajstić information content (AvgIpc) is 1.83. The van der Waals surface area contributed by atoms with E-state index >= 15 is 0 Å². The molecule has 0 fully saturated rings. The van der Waals surface area contributed by atoms with Crippen LogP contribution in [0.15, 0.2) is 0 Å². The predicted molar refractivity (Wildman–Crippen MR) is 35.6 cm³/mol. The molecule has 0 atom stereocenters. The van der Waals surface area contributed by atoms with E-state index in [-0.39, 0.29) is 6.67 Å². The van der Waals surface area contributed by atoms with Gasteiger partial charge in [-0.05, 0) is 12.2 Å². The SMILES string of the molecule is CNC(=S)NCCF. The van der Waals surface area contributed by atoms with Gasteiger partial charge >= 0.3 is 0 Å². The minimum atomic E-state index is -0.387. The zero-order chi connectivity index (χ0) is 6.41.